The number of hydrogen-bond donors (Lipinski definition) is 3. The second kappa shape index (κ2) is 8.92. The summed E-state index contributed by atoms with van der Waals surface area (Å²) in [7, 11) is 0. The molecule has 10 heteroatoms. The topological polar surface area (TPSA) is 90.1 Å². The van der Waals surface area contributed by atoms with Gasteiger partial charge < -0.3 is 15.5 Å². The number of amides is 2. The van der Waals surface area contributed by atoms with Crippen molar-refractivity contribution in [3.8, 4) is 0 Å². The highest BCUT2D eigenvalue weighted by Crippen LogP contribution is 2.19. The van der Waals surface area contributed by atoms with E-state index in [1.165, 1.54) is 11.0 Å². The Morgan fingerprint density at radius 2 is 2.00 bits per heavy atom. The van der Waals surface area contributed by atoms with E-state index >= 15 is 0 Å². The summed E-state index contributed by atoms with van der Waals surface area (Å²) in [5.41, 5.74) is 1.43. The number of aromatic nitrogens is 2. The van der Waals surface area contributed by atoms with Crippen LogP contribution >= 0.6 is 12.4 Å². The molecule has 0 atom stereocenters. The average Bonchev–Trinajstić information content (AvgIpc) is 3.06. The molecule has 1 aromatic heterocycles. The number of nitrogens with zero attached hydrogens (tertiary/aromatic N) is 2. The maximum absolute atomic E-state index is 13.6. The molecule has 0 fully saturated rings. The number of rotatable bonds is 5. The summed E-state index contributed by atoms with van der Waals surface area (Å²) in [6, 6.07) is 3.30. The molecule has 27 heavy (non-hydrogen) atoms. The van der Waals surface area contributed by atoms with Crippen LogP contribution in [0.2, 0.25) is 0 Å². The van der Waals surface area contributed by atoms with Crippen molar-refractivity contribution in [2.75, 3.05) is 25.0 Å². The van der Waals surface area contributed by atoms with Crippen LogP contribution < -0.4 is 10.6 Å². The van der Waals surface area contributed by atoms with Gasteiger partial charge in [-0.1, -0.05) is 6.07 Å². The van der Waals surface area contributed by atoms with Crippen LogP contribution in [0, 0.1) is 11.6 Å². The van der Waals surface area contributed by atoms with Crippen molar-refractivity contribution in [2.45, 2.75) is 19.9 Å². The first-order valence-electron chi connectivity index (χ1n) is 8.31. The van der Waals surface area contributed by atoms with E-state index in [0.717, 1.165) is 36.4 Å². The highest BCUT2D eigenvalue weighted by Gasteiger charge is 2.26. The standard InChI is InChI=1S/C17H19F2N5O2.ClH/c1-2-24(9-14(25)21-16-11(18)4-3-5-12(16)19)17(26)15-10-8-20-7-6-13(10)22-23-15;/h3-5,20H,2,6-9H2,1H3,(H,21,25)(H,22,23);1H. The zero-order chi connectivity index (χ0) is 18.7. The molecule has 0 spiro atoms. The highest BCUT2D eigenvalue weighted by molar-refractivity contribution is 5.99. The van der Waals surface area contributed by atoms with Gasteiger partial charge >= 0.3 is 0 Å². The minimum absolute atomic E-state index is 0. The first kappa shape index (κ1) is 20.8. The van der Waals surface area contributed by atoms with Crippen LogP contribution in [0.15, 0.2) is 18.2 Å². The van der Waals surface area contributed by atoms with Crippen molar-refractivity contribution in [3.63, 3.8) is 0 Å². The molecule has 0 bridgehead atoms. The molecule has 1 aromatic carbocycles. The molecule has 0 radical (unpaired) electrons. The zero-order valence-electron chi connectivity index (χ0n) is 14.6. The summed E-state index contributed by atoms with van der Waals surface area (Å²) in [5.74, 6) is -2.84. The molecule has 1 aliphatic heterocycles. The SMILES string of the molecule is CCN(CC(=O)Nc1c(F)cccc1F)C(=O)c1n[nH]c2c1CNCC2.Cl. The summed E-state index contributed by atoms with van der Waals surface area (Å²) in [4.78, 5) is 26.2. The van der Waals surface area contributed by atoms with Crippen LogP contribution in [0.3, 0.4) is 0 Å². The Kier molecular flexibility index (Phi) is 6.86. The lowest BCUT2D eigenvalue weighted by atomic mass is 10.1. The smallest absolute Gasteiger partial charge is 0.275 e. The van der Waals surface area contributed by atoms with E-state index in [9.17, 15) is 18.4 Å². The van der Waals surface area contributed by atoms with Gasteiger partial charge in [0.2, 0.25) is 5.91 Å². The van der Waals surface area contributed by atoms with Gasteiger partial charge in [0.25, 0.3) is 5.91 Å². The molecule has 2 heterocycles. The van der Waals surface area contributed by atoms with Gasteiger partial charge in [-0.05, 0) is 19.1 Å². The van der Waals surface area contributed by atoms with Crippen LogP contribution in [0.5, 0.6) is 0 Å². The van der Waals surface area contributed by atoms with Crippen LogP contribution in [-0.2, 0) is 17.8 Å². The fraction of sp³-hybridized carbons (Fsp3) is 0.353. The van der Waals surface area contributed by atoms with E-state index < -0.39 is 29.1 Å². The number of hydrogen-bond acceptors (Lipinski definition) is 4. The van der Waals surface area contributed by atoms with Crippen LogP contribution in [0.4, 0.5) is 14.5 Å². The van der Waals surface area contributed by atoms with Gasteiger partial charge in [-0.25, -0.2) is 8.78 Å². The van der Waals surface area contributed by atoms with Gasteiger partial charge in [-0.2, -0.15) is 5.10 Å². The number of para-hydroxylation sites is 1. The third-order valence-corrected chi connectivity index (χ3v) is 4.24. The van der Waals surface area contributed by atoms with E-state index in [2.05, 4.69) is 20.8 Å². The number of fused-ring (bicyclic) bond motifs is 1. The van der Waals surface area contributed by atoms with Crippen LogP contribution in [0.1, 0.15) is 28.7 Å². The summed E-state index contributed by atoms with van der Waals surface area (Å²) in [5, 5.41) is 12.3. The van der Waals surface area contributed by atoms with Gasteiger partial charge in [0.15, 0.2) is 5.69 Å². The number of benzene rings is 1. The lowest BCUT2D eigenvalue weighted by Gasteiger charge is -2.21. The summed E-state index contributed by atoms with van der Waals surface area (Å²) in [6.45, 7) is 2.96. The molecule has 3 rings (SSSR count). The summed E-state index contributed by atoms with van der Waals surface area (Å²) >= 11 is 0. The van der Waals surface area contributed by atoms with Gasteiger partial charge in [-0.15, -0.1) is 12.4 Å². The molecule has 146 valence electrons. The molecular formula is C17H20ClF2N5O2. The maximum Gasteiger partial charge on any atom is 0.275 e. The second-order valence-corrected chi connectivity index (χ2v) is 5.92. The number of H-pyrrole nitrogens is 1. The normalized spacial score (nSPS) is 12.7. The molecule has 7 nitrogen and oxygen atoms in total. The van der Waals surface area contributed by atoms with Crippen molar-refractivity contribution >= 4 is 29.9 Å². The Labute approximate surface area is 160 Å². The number of halogens is 3. The lowest BCUT2D eigenvalue weighted by Crippen LogP contribution is -2.39. The fourth-order valence-corrected chi connectivity index (χ4v) is 2.85. The van der Waals surface area contributed by atoms with E-state index in [0.29, 0.717) is 6.54 Å². The van der Waals surface area contributed by atoms with Crippen LogP contribution in [-0.4, -0.2) is 46.5 Å². The van der Waals surface area contributed by atoms with Crippen LogP contribution in [0.25, 0.3) is 0 Å². The summed E-state index contributed by atoms with van der Waals surface area (Å²) < 4.78 is 27.3. The Hall–Kier alpha value is -2.52. The zero-order valence-corrected chi connectivity index (χ0v) is 15.5. The number of carbonyl (C=O) groups excluding carboxylic acids is 2. The first-order chi connectivity index (χ1) is 12.5. The maximum atomic E-state index is 13.6. The number of anilines is 1. The molecule has 3 N–H and O–H groups in total. The lowest BCUT2D eigenvalue weighted by molar-refractivity contribution is -0.116. The minimum atomic E-state index is -0.875. The molecule has 0 saturated carbocycles. The van der Waals surface area contributed by atoms with E-state index in [1.54, 1.807) is 6.92 Å². The number of carbonyl (C=O) groups is 2. The number of nitrogens with one attached hydrogen (secondary N) is 3. The Morgan fingerprint density at radius 3 is 2.67 bits per heavy atom. The monoisotopic (exact) mass is 399 g/mol. The minimum Gasteiger partial charge on any atom is -0.328 e. The third kappa shape index (κ3) is 4.42. The number of aromatic amines is 1. The predicted molar refractivity (Wildman–Crippen MR) is 97.8 cm³/mol. The molecule has 2 aromatic rings. The number of likely N-dealkylation sites (N-methyl/N-ethyl adjacent to an activating group) is 1. The molecule has 0 unspecified atom stereocenters. The first-order valence-corrected chi connectivity index (χ1v) is 8.31. The highest BCUT2D eigenvalue weighted by atomic mass is 35.5. The van der Waals surface area contributed by atoms with Gasteiger partial charge in [0.05, 0.1) is 0 Å². The van der Waals surface area contributed by atoms with Crippen molar-refractivity contribution in [3.05, 3.63) is 46.8 Å². The molecule has 2 amide bonds. The predicted octanol–water partition coefficient (Wildman–Crippen LogP) is 1.86. The van der Waals surface area contributed by atoms with Gasteiger partial charge in [-0.3, -0.25) is 14.7 Å². The van der Waals surface area contributed by atoms with Crippen molar-refractivity contribution in [1.82, 2.24) is 20.4 Å². The summed E-state index contributed by atoms with van der Waals surface area (Å²) in [6.07, 6.45) is 0.745. The molecule has 0 aliphatic carbocycles. The molecule has 1 aliphatic rings. The van der Waals surface area contributed by atoms with Crippen molar-refractivity contribution < 1.29 is 18.4 Å². The Bertz CT molecular complexity index is 822. The van der Waals surface area contributed by atoms with Crippen molar-refractivity contribution in [1.29, 1.82) is 0 Å². The van der Waals surface area contributed by atoms with Crippen molar-refractivity contribution in [2.24, 2.45) is 0 Å². The van der Waals surface area contributed by atoms with E-state index in [1.807, 2.05) is 0 Å². The molecular weight excluding hydrogens is 380 g/mol. The Balaban J connectivity index is 0.00000261. The van der Waals surface area contributed by atoms with Gasteiger partial charge in [0.1, 0.15) is 23.9 Å². The van der Waals surface area contributed by atoms with Gasteiger partial charge in [0, 0.05) is 37.3 Å². The average molecular weight is 400 g/mol. The fourth-order valence-electron chi connectivity index (χ4n) is 2.85. The Morgan fingerprint density at radius 1 is 1.30 bits per heavy atom. The third-order valence-electron chi connectivity index (χ3n) is 4.24. The quantitative estimate of drug-likeness (QED) is 0.715. The van der Waals surface area contributed by atoms with E-state index in [-0.39, 0.29) is 31.2 Å². The van der Waals surface area contributed by atoms with E-state index in [4.69, 9.17) is 0 Å². The second-order valence-electron chi connectivity index (χ2n) is 5.92. The molecule has 0 saturated heterocycles. The largest absolute Gasteiger partial charge is 0.328 e.